The maximum atomic E-state index is 13.8. The van der Waals surface area contributed by atoms with E-state index in [4.69, 9.17) is 4.74 Å². The molecule has 1 aromatic heterocycles. The lowest BCUT2D eigenvalue weighted by Crippen LogP contribution is -2.38. The first-order valence-electron chi connectivity index (χ1n) is 11.6. The van der Waals surface area contributed by atoms with Crippen LogP contribution >= 0.6 is 0 Å². The van der Waals surface area contributed by atoms with Crippen molar-refractivity contribution in [2.75, 3.05) is 30.4 Å². The standard InChI is InChI=1S/C25H30N4O3/c1-32-20-9-6-17(7-10-20)25(31)29-16-19-5-4-12-26-23(19)27-21-11-8-18(15-22(21)29)24(30)28-13-2-3-14-28/h4-5,8,11-12,15,17,20H,2-3,6-7,9-10,13-14,16H2,1H3,(H,26,27)/t17-,20+. The van der Waals surface area contributed by atoms with Crippen LogP contribution in [0.2, 0.25) is 0 Å². The van der Waals surface area contributed by atoms with Crippen LogP contribution in [0.15, 0.2) is 36.5 Å². The normalized spacial score (nSPS) is 22.5. The van der Waals surface area contributed by atoms with E-state index >= 15 is 0 Å². The SMILES string of the molecule is CO[C@H]1CC[C@@H](C(=O)N2Cc3cccnc3Nc3ccc(C(=O)N4CCCC4)cc32)CC1. The van der Waals surface area contributed by atoms with E-state index in [2.05, 4.69) is 10.3 Å². The summed E-state index contributed by atoms with van der Waals surface area (Å²) in [6, 6.07) is 9.54. The lowest BCUT2D eigenvalue weighted by Gasteiger charge is -2.32. The summed E-state index contributed by atoms with van der Waals surface area (Å²) in [5.41, 5.74) is 3.16. The van der Waals surface area contributed by atoms with Crippen molar-refractivity contribution in [2.24, 2.45) is 5.92 Å². The minimum atomic E-state index is -0.0367. The summed E-state index contributed by atoms with van der Waals surface area (Å²) in [5, 5.41) is 3.39. The lowest BCUT2D eigenvalue weighted by molar-refractivity contribution is -0.124. The Morgan fingerprint density at radius 3 is 2.62 bits per heavy atom. The molecule has 1 saturated carbocycles. The predicted molar refractivity (Wildman–Crippen MR) is 123 cm³/mol. The summed E-state index contributed by atoms with van der Waals surface area (Å²) in [5.74, 6) is 0.874. The minimum absolute atomic E-state index is 0.0367. The molecule has 32 heavy (non-hydrogen) atoms. The minimum Gasteiger partial charge on any atom is -0.381 e. The first-order valence-corrected chi connectivity index (χ1v) is 11.6. The molecule has 3 heterocycles. The van der Waals surface area contributed by atoms with Gasteiger partial charge in [-0.2, -0.15) is 0 Å². The third-order valence-corrected chi connectivity index (χ3v) is 7.02. The van der Waals surface area contributed by atoms with Gasteiger partial charge in [0.15, 0.2) is 0 Å². The molecule has 2 amide bonds. The Kier molecular flexibility index (Phi) is 5.83. The number of methoxy groups -OCH3 is 1. The average Bonchev–Trinajstić information content (AvgIpc) is 3.32. The van der Waals surface area contributed by atoms with E-state index in [-0.39, 0.29) is 23.8 Å². The number of carbonyl (C=O) groups is 2. The zero-order valence-electron chi connectivity index (χ0n) is 18.5. The van der Waals surface area contributed by atoms with E-state index in [1.165, 1.54) is 0 Å². The molecule has 0 atom stereocenters. The molecule has 0 spiro atoms. The smallest absolute Gasteiger partial charge is 0.253 e. The van der Waals surface area contributed by atoms with Gasteiger partial charge in [-0.3, -0.25) is 9.59 Å². The first-order chi connectivity index (χ1) is 15.6. The van der Waals surface area contributed by atoms with Crippen LogP contribution in [0.5, 0.6) is 0 Å². The van der Waals surface area contributed by atoms with Gasteiger partial charge in [0.1, 0.15) is 5.82 Å². The van der Waals surface area contributed by atoms with Crippen molar-refractivity contribution in [3.8, 4) is 0 Å². The molecule has 0 radical (unpaired) electrons. The Bertz CT molecular complexity index is 1010. The van der Waals surface area contributed by atoms with E-state index in [0.29, 0.717) is 12.1 Å². The zero-order chi connectivity index (χ0) is 22.1. The summed E-state index contributed by atoms with van der Waals surface area (Å²) in [4.78, 5) is 35.1. The van der Waals surface area contributed by atoms with Gasteiger partial charge in [-0.25, -0.2) is 4.98 Å². The monoisotopic (exact) mass is 434 g/mol. The molecule has 0 bridgehead atoms. The number of hydrogen-bond acceptors (Lipinski definition) is 5. The number of likely N-dealkylation sites (tertiary alicyclic amines) is 1. The zero-order valence-corrected chi connectivity index (χ0v) is 18.5. The van der Waals surface area contributed by atoms with Crippen LogP contribution in [-0.4, -0.2) is 48.0 Å². The van der Waals surface area contributed by atoms with Crippen LogP contribution in [0.1, 0.15) is 54.4 Å². The predicted octanol–water partition coefficient (Wildman–Crippen LogP) is 4.11. The van der Waals surface area contributed by atoms with Gasteiger partial charge < -0.3 is 19.9 Å². The number of rotatable bonds is 3. The fourth-order valence-electron chi connectivity index (χ4n) is 5.12. The molecule has 0 unspecified atom stereocenters. The number of anilines is 3. The van der Waals surface area contributed by atoms with Crippen LogP contribution in [0.3, 0.4) is 0 Å². The summed E-state index contributed by atoms with van der Waals surface area (Å²) in [6.45, 7) is 2.04. The molecular weight excluding hydrogens is 404 g/mol. The van der Waals surface area contributed by atoms with Crippen LogP contribution in [0, 0.1) is 5.92 Å². The number of amides is 2. The number of ether oxygens (including phenoxy) is 1. The van der Waals surface area contributed by atoms with Crippen LogP contribution in [0.4, 0.5) is 17.2 Å². The number of carbonyl (C=O) groups excluding carboxylic acids is 2. The summed E-state index contributed by atoms with van der Waals surface area (Å²) in [6.07, 6.45) is 7.54. The summed E-state index contributed by atoms with van der Waals surface area (Å²) >= 11 is 0. The van der Waals surface area contributed by atoms with Gasteiger partial charge in [0.05, 0.1) is 24.0 Å². The molecule has 2 fully saturated rings. The lowest BCUT2D eigenvalue weighted by atomic mass is 9.86. The van der Waals surface area contributed by atoms with Gasteiger partial charge in [-0.15, -0.1) is 0 Å². The maximum Gasteiger partial charge on any atom is 0.253 e. The molecule has 2 aliphatic heterocycles. The summed E-state index contributed by atoms with van der Waals surface area (Å²) in [7, 11) is 1.74. The molecule has 1 aromatic carbocycles. The van der Waals surface area contributed by atoms with Crippen molar-refractivity contribution >= 4 is 29.0 Å². The molecule has 7 heteroatoms. The highest BCUT2D eigenvalue weighted by Crippen LogP contribution is 2.38. The molecule has 1 N–H and O–H groups in total. The second kappa shape index (κ2) is 8.90. The van der Waals surface area contributed by atoms with E-state index < -0.39 is 0 Å². The second-order valence-corrected chi connectivity index (χ2v) is 9.00. The number of benzene rings is 1. The number of hydrogen-bond donors (Lipinski definition) is 1. The first kappa shape index (κ1) is 20.9. The molecule has 1 aliphatic carbocycles. The van der Waals surface area contributed by atoms with Gasteiger partial charge in [0.2, 0.25) is 5.91 Å². The van der Waals surface area contributed by atoms with Crippen molar-refractivity contribution in [3.63, 3.8) is 0 Å². The van der Waals surface area contributed by atoms with Crippen molar-refractivity contribution in [2.45, 2.75) is 51.2 Å². The molecule has 3 aliphatic rings. The van der Waals surface area contributed by atoms with Crippen molar-refractivity contribution in [3.05, 3.63) is 47.7 Å². The highest BCUT2D eigenvalue weighted by atomic mass is 16.5. The molecule has 168 valence electrons. The Morgan fingerprint density at radius 1 is 1.09 bits per heavy atom. The number of aromatic nitrogens is 1. The van der Waals surface area contributed by atoms with Gasteiger partial charge in [0.25, 0.3) is 5.91 Å². The maximum absolute atomic E-state index is 13.8. The van der Waals surface area contributed by atoms with Crippen LogP contribution in [0.25, 0.3) is 0 Å². The Morgan fingerprint density at radius 2 is 1.88 bits per heavy atom. The Hall–Kier alpha value is -2.93. The molecular formula is C25H30N4O3. The highest BCUT2D eigenvalue weighted by molar-refractivity contribution is 6.03. The molecule has 5 rings (SSSR count). The quantitative estimate of drug-likeness (QED) is 0.787. The average molecular weight is 435 g/mol. The number of nitrogens with zero attached hydrogens (tertiary/aromatic N) is 3. The highest BCUT2D eigenvalue weighted by Gasteiger charge is 2.33. The van der Waals surface area contributed by atoms with E-state index in [0.717, 1.165) is 74.4 Å². The van der Waals surface area contributed by atoms with Gasteiger partial charge in [-0.1, -0.05) is 6.07 Å². The van der Waals surface area contributed by atoms with Crippen molar-refractivity contribution in [1.82, 2.24) is 9.88 Å². The summed E-state index contributed by atoms with van der Waals surface area (Å²) < 4.78 is 5.49. The van der Waals surface area contributed by atoms with Gasteiger partial charge in [0, 0.05) is 43.4 Å². The van der Waals surface area contributed by atoms with Crippen LogP contribution in [-0.2, 0) is 16.1 Å². The van der Waals surface area contributed by atoms with Crippen LogP contribution < -0.4 is 10.2 Å². The second-order valence-electron chi connectivity index (χ2n) is 9.00. The van der Waals surface area contributed by atoms with Gasteiger partial charge in [-0.05, 0) is 62.8 Å². The Labute approximate surface area is 188 Å². The van der Waals surface area contributed by atoms with Gasteiger partial charge >= 0.3 is 0 Å². The van der Waals surface area contributed by atoms with Crippen molar-refractivity contribution < 1.29 is 14.3 Å². The molecule has 7 nitrogen and oxygen atoms in total. The van der Waals surface area contributed by atoms with E-state index in [1.54, 1.807) is 13.3 Å². The third-order valence-electron chi connectivity index (χ3n) is 7.02. The largest absolute Gasteiger partial charge is 0.381 e. The number of fused-ring (bicyclic) bond motifs is 2. The molecule has 1 saturated heterocycles. The number of nitrogens with one attached hydrogen (secondary N) is 1. The van der Waals surface area contributed by atoms with Crippen molar-refractivity contribution in [1.29, 1.82) is 0 Å². The fourth-order valence-corrected chi connectivity index (χ4v) is 5.12. The van der Waals surface area contributed by atoms with E-state index in [9.17, 15) is 9.59 Å². The Balaban J connectivity index is 1.49. The number of pyridine rings is 1. The topological polar surface area (TPSA) is 74.8 Å². The third kappa shape index (κ3) is 3.97. The van der Waals surface area contributed by atoms with E-state index in [1.807, 2.05) is 40.1 Å². The fraction of sp³-hybridized carbons (Fsp3) is 0.480. The molecule has 2 aromatic rings.